The molecule has 0 aliphatic heterocycles. The first kappa shape index (κ1) is 16.3. The predicted octanol–water partition coefficient (Wildman–Crippen LogP) is 2.22. The van der Waals surface area contributed by atoms with Crippen molar-refractivity contribution < 1.29 is 8.42 Å². The van der Waals surface area contributed by atoms with Crippen molar-refractivity contribution in [1.82, 2.24) is 4.72 Å². The highest BCUT2D eigenvalue weighted by Gasteiger charge is 2.15. The van der Waals surface area contributed by atoms with Gasteiger partial charge in [-0.05, 0) is 42.5 Å². The molecule has 1 rings (SSSR count). The van der Waals surface area contributed by atoms with Crippen LogP contribution in [0.25, 0.3) is 0 Å². The number of hydrogen-bond donors (Lipinski definition) is 2. The van der Waals surface area contributed by atoms with E-state index in [1.807, 2.05) is 18.7 Å². The fourth-order valence-electron chi connectivity index (χ4n) is 1.64. The van der Waals surface area contributed by atoms with Gasteiger partial charge in [0.15, 0.2) is 0 Å². The first-order valence-electron chi connectivity index (χ1n) is 6.35. The number of nitrogen functional groups attached to an aromatic ring is 1. The molecule has 0 heterocycles. The summed E-state index contributed by atoms with van der Waals surface area (Å²) in [5.74, 6) is 2.03. The quantitative estimate of drug-likeness (QED) is 0.570. The highest BCUT2D eigenvalue weighted by atomic mass is 32.2. The first-order chi connectivity index (χ1) is 8.93. The molecule has 108 valence electrons. The summed E-state index contributed by atoms with van der Waals surface area (Å²) in [5, 5.41) is 0. The van der Waals surface area contributed by atoms with Crippen LogP contribution in [0.3, 0.4) is 0 Å². The van der Waals surface area contributed by atoms with Crippen LogP contribution in [0.15, 0.2) is 24.3 Å². The molecule has 0 aliphatic rings. The molecule has 0 bridgehead atoms. The van der Waals surface area contributed by atoms with Gasteiger partial charge in [0, 0.05) is 11.7 Å². The van der Waals surface area contributed by atoms with E-state index < -0.39 is 10.0 Å². The number of thioether (sulfide) groups is 1. The molecule has 3 N–H and O–H groups in total. The molecule has 19 heavy (non-hydrogen) atoms. The van der Waals surface area contributed by atoms with E-state index in [-0.39, 0.29) is 11.8 Å². The predicted molar refractivity (Wildman–Crippen MR) is 83.7 cm³/mol. The third-order valence-electron chi connectivity index (χ3n) is 2.62. The molecule has 0 amide bonds. The minimum Gasteiger partial charge on any atom is -0.399 e. The van der Waals surface area contributed by atoms with Crippen molar-refractivity contribution in [1.29, 1.82) is 0 Å². The normalized spacial score (nSPS) is 13.4. The van der Waals surface area contributed by atoms with E-state index in [2.05, 4.69) is 11.6 Å². The van der Waals surface area contributed by atoms with Gasteiger partial charge < -0.3 is 5.73 Å². The summed E-state index contributed by atoms with van der Waals surface area (Å²) in [6.07, 6.45) is 0.847. The second-order valence-electron chi connectivity index (χ2n) is 4.51. The van der Waals surface area contributed by atoms with E-state index in [1.165, 1.54) is 0 Å². The van der Waals surface area contributed by atoms with Crippen LogP contribution in [-0.2, 0) is 15.8 Å². The van der Waals surface area contributed by atoms with Gasteiger partial charge in [-0.15, -0.1) is 0 Å². The zero-order valence-electron chi connectivity index (χ0n) is 11.4. The lowest BCUT2D eigenvalue weighted by Gasteiger charge is -2.14. The van der Waals surface area contributed by atoms with E-state index >= 15 is 0 Å². The van der Waals surface area contributed by atoms with Crippen molar-refractivity contribution in [3.63, 3.8) is 0 Å². The number of sulfonamides is 1. The maximum absolute atomic E-state index is 12.0. The molecule has 0 saturated carbocycles. The van der Waals surface area contributed by atoms with Crippen LogP contribution < -0.4 is 10.5 Å². The van der Waals surface area contributed by atoms with Crippen molar-refractivity contribution >= 4 is 27.5 Å². The third kappa shape index (κ3) is 6.84. The fourth-order valence-corrected chi connectivity index (χ4v) is 3.90. The number of benzene rings is 1. The average Bonchev–Trinajstić information content (AvgIpc) is 2.31. The van der Waals surface area contributed by atoms with Crippen molar-refractivity contribution in [3.8, 4) is 0 Å². The summed E-state index contributed by atoms with van der Waals surface area (Å²) in [7, 11) is -3.28. The van der Waals surface area contributed by atoms with E-state index in [1.54, 1.807) is 24.3 Å². The van der Waals surface area contributed by atoms with Crippen LogP contribution >= 0.6 is 11.8 Å². The van der Waals surface area contributed by atoms with Gasteiger partial charge in [0.2, 0.25) is 10.0 Å². The number of nitrogens with one attached hydrogen (secondary N) is 1. The lowest BCUT2D eigenvalue weighted by atomic mass is 10.2. The summed E-state index contributed by atoms with van der Waals surface area (Å²) in [4.78, 5) is 0. The minimum absolute atomic E-state index is 0.00145. The maximum atomic E-state index is 12.0. The molecule has 1 unspecified atom stereocenters. The number of hydrogen-bond acceptors (Lipinski definition) is 4. The molecular formula is C13H22N2O2S2. The smallest absolute Gasteiger partial charge is 0.216 e. The van der Waals surface area contributed by atoms with Gasteiger partial charge in [0.25, 0.3) is 0 Å². The Morgan fingerprint density at radius 2 is 1.95 bits per heavy atom. The molecule has 0 aromatic heterocycles. The van der Waals surface area contributed by atoms with Gasteiger partial charge in [-0.25, -0.2) is 13.1 Å². The maximum Gasteiger partial charge on any atom is 0.216 e. The molecule has 0 radical (unpaired) electrons. The number of nitrogens with two attached hydrogens (primary N) is 1. The van der Waals surface area contributed by atoms with Crippen molar-refractivity contribution in [2.24, 2.45) is 0 Å². The van der Waals surface area contributed by atoms with Crippen LogP contribution in [0.1, 0.15) is 25.8 Å². The van der Waals surface area contributed by atoms with Crippen molar-refractivity contribution in [2.45, 2.75) is 32.1 Å². The van der Waals surface area contributed by atoms with Crippen LogP contribution in [0.4, 0.5) is 5.69 Å². The topological polar surface area (TPSA) is 72.2 Å². The molecule has 0 fully saturated rings. The molecular weight excluding hydrogens is 280 g/mol. The van der Waals surface area contributed by atoms with Gasteiger partial charge >= 0.3 is 0 Å². The molecule has 4 nitrogen and oxygen atoms in total. The summed E-state index contributed by atoms with van der Waals surface area (Å²) >= 11 is 1.82. The molecule has 0 spiro atoms. The molecule has 1 aromatic carbocycles. The zero-order valence-corrected chi connectivity index (χ0v) is 13.1. The van der Waals surface area contributed by atoms with Gasteiger partial charge in [0.05, 0.1) is 5.75 Å². The Kier molecular flexibility index (Phi) is 6.68. The van der Waals surface area contributed by atoms with Crippen LogP contribution in [0.5, 0.6) is 0 Å². The van der Waals surface area contributed by atoms with E-state index in [0.717, 1.165) is 23.5 Å². The van der Waals surface area contributed by atoms with Gasteiger partial charge in [-0.2, -0.15) is 11.8 Å². The second kappa shape index (κ2) is 7.77. The van der Waals surface area contributed by atoms with Crippen molar-refractivity contribution in [3.05, 3.63) is 29.8 Å². The van der Waals surface area contributed by atoms with Gasteiger partial charge in [0.1, 0.15) is 0 Å². The van der Waals surface area contributed by atoms with Gasteiger partial charge in [-0.3, -0.25) is 0 Å². The van der Waals surface area contributed by atoms with Crippen LogP contribution in [0.2, 0.25) is 0 Å². The van der Waals surface area contributed by atoms with Crippen LogP contribution in [0, 0.1) is 0 Å². The monoisotopic (exact) mass is 302 g/mol. The Bertz CT molecular complexity index is 472. The fraction of sp³-hybridized carbons (Fsp3) is 0.538. The van der Waals surface area contributed by atoms with E-state index in [9.17, 15) is 8.42 Å². The first-order valence-corrected chi connectivity index (χ1v) is 9.16. The Balaban J connectivity index is 2.49. The van der Waals surface area contributed by atoms with Gasteiger partial charge in [-0.1, -0.05) is 19.1 Å². The SMILES string of the molecule is CCSCCC(C)NS(=O)(=O)Cc1ccc(N)cc1. The number of rotatable bonds is 8. The molecule has 0 aliphatic carbocycles. The molecule has 0 saturated heterocycles. The standard InChI is InChI=1S/C13H22N2O2S2/c1-3-18-9-8-11(2)15-19(16,17)10-12-4-6-13(14)7-5-12/h4-7,11,15H,3,8-10,14H2,1-2H3. The summed E-state index contributed by atoms with van der Waals surface area (Å²) < 4.78 is 26.7. The molecule has 1 atom stereocenters. The lowest BCUT2D eigenvalue weighted by Crippen LogP contribution is -2.33. The van der Waals surface area contributed by atoms with Crippen LogP contribution in [-0.4, -0.2) is 26.0 Å². The van der Waals surface area contributed by atoms with E-state index in [0.29, 0.717) is 5.69 Å². The highest BCUT2D eigenvalue weighted by Crippen LogP contribution is 2.10. The Hall–Kier alpha value is -0.720. The zero-order chi connectivity index (χ0) is 14.3. The number of anilines is 1. The highest BCUT2D eigenvalue weighted by molar-refractivity contribution is 7.99. The Morgan fingerprint density at radius 1 is 1.32 bits per heavy atom. The minimum atomic E-state index is -3.28. The summed E-state index contributed by atoms with van der Waals surface area (Å²) in [6.45, 7) is 4.00. The Morgan fingerprint density at radius 3 is 2.53 bits per heavy atom. The third-order valence-corrected chi connectivity index (χ3v) is 5.02. The van der Waals surface area contributed by atoms with Crippen molar-refractivity contribution in [2.75, 3.05) is 17.2 Å². The summed E-state index contributed by atoms with van der Waals surface area (Å²) in [5.41, 5.74) is 6.96. The Labute approximate surface area is 120 Å². The average molecular weight is 302 g/mol. The largest absolute Gasteiger partial charge is 0.399 e. The molecule has 1 aromatic rings. The second-order valence-corrected chi connectivity index (χ2v) is 7.65. The van der Waals surface area contributed by atoms with E-state index in [4.69, 9.17) is 5.73 Å². The summed E-state index contributed by atoms with van der Waals surface area (Å²) in [6, 6.07) is 6.88. The lowest BCUT2D eigenvalue weighted by molar-refractivity contribution is 0.556. The molecule has 6 heteroatoms.